The van der Waals surface area contributed by atoms with Crippen molar-refractivity contribution in [2.45, 2.75) is 6.92 Å². The molecule has 1 aromatic heterocycles. The Morgan fingerprint density at radius 1 is 1.50 bits per heavy atom. The Kier molecular flexibility index (Phi) is 3.57. The molecule has 4 nitrogen and oxygen atoms in total. The highest BCUT2D eigenvalue weighted by Crippen LogP contribution is 2.10. The van der Waals surface area contributed by atoms with E-state index in [1.54, 1.807) is 13.0 Å². The smallest absolute Gasteiger partial charge is 0.291 e. The molecule has 0 aliphatic rings. The minimum absolute atomic E-state index is 0.0693. The van der Waals surface area contributed by atoms with Crippen molar-refractivity contribution < 1.29 is 9.13 Å². The third kappa shape index (κ3) is 2.33. The van der Waals surface area contributed by atoms with Crippen molar-refractivity contribution in [3.05, 3.63) is 51.1 Å². The van der Waals surface area contributed by atoms with E-state index in [0.29, 0.717) is 18.0 Å². The summed E-state index contributed by atoms with van der Waals surface area (Å²) >= 11 is 5.01. The van der Waals surface area contributed by atoms with Crippen LogP contribution in [0.4, 0.5) is 4.39 Å². The number of nitrogens with one attached hydrogen (secondary N) is 1. The molecule has 94 valence electrons. The summed E-state index contributed by atoms with van der Waals surface area (Å²) in [6.45, 7) is 2.22. The van der Waals surface area contributed by atoms with Crippen LogP contribution in [0.3, 0.4) is 0 Å². The lowest BCUT2D eigenvalue weighted by molar-refractivity contribution is 0.335. The van der Waals surface area contributed by atoms with Crippen LogP contribution in [0.2, 0.25) is 0 Å². The number of rotatable bonds is 3. The number of benzene rings is 1. The van der Waals surface area contributed by atoms with Crippen LogP contribution in [0.15, 0.2) is 35.3 Å². The van der Waals surface area contributed by atoms with Crippen molar-refractivity contribution in [2.24, 2.45) is 0 Å². The van der Waals surface area contributed by atoms with Crippen molar-refractivity contribution in [1.29, 1.82) is 0 Å². The number of halogens is 1. The third-order valence-electron chi connectivity index (χ3n) is 2.31. The molecular formula is C12H11FN2O2S. The molecule has 0 saturated heterocycles. The largest absolute Gasteiger partial charge is 0.491 e. The minimum Gasteiger partial charge on any atom is -0.491 e. The first-order chi connectivity index (χ1) is 8.63. The van der Waals surface area contributed by atoms with Crippen molar-refractivity contribution in [2.75, 3.05) is 6.61 Å². The molecule has 18 heavy (non-hydrogen) atoms. The molecule has 0 aliphatic carbocycles. The van der Waals surface area contributed by atoms with Crippen LogP contribution in [0.1, 0.15) is 6.92 Å². The highest BCUT2D eigenvalue weighted by molar-refractivity contribution is 7.71. The number of hydrogen-bond acceptors (Lipinski definition) is 3. The lowest BCUT2D eigenvalue weighted by Gasteiger charge is -2.08. The zero-order valence-corrected chi connectivity index (χ0v) is 10.5. The first kappa shape index (κ1) is 12.5. The van der Waals surface area contributed by atoms with Gasteiger partial charge in [0.05, 0.1) is 18.5 Å². The zero-order chi connectivity index (χ0) is 13.1. The van der Waals surface area contributed by atoms with Crippen molar-refractivity contribution in [3.8, 4) is 11.4 Å². The van der Waals surface area contributed by atoms with Gasteiger partial charge in [0.1, 0.15) is 10.3 Å². The molecule has 0 fully saturated rings. The molecule has 0 unspecified atom stereocenters. The van der Waals surface area contributed by atoms with Gasteiger partial charge in [-0.1, -0.05) is 18.3 Å². The summed E-state index contributed by atoms with van der Waals surface area (Å²) in [7, 11) is 0. The lowest BCUT2D eigenvalue weighted by atomic mass is 10.3. The fourth-order valence-electron chi connectivity index (χ4n) is 1.52. The number of aromatic amines is 1. The molecular weight excluding hydrogens is 255 g/mol. The van der Waals surface area contributed by atoms with Crippen LogP contribution in [-0.4, -0.2) is 16.4 Å². The molecule has 0 bridgehead atoms. The average molecular weight is 266 g/mol. The predicted octanol–water partition coefficient (Wildman–Crippen LogP) is 2.43. The maximum Gasteiger partial charge on any atom is 0.291 e. The van der Waals surface area contributed by atoms with Gasteiger partial charge in [0.2, 0.25) is 0 Å². The van der Waals surface area contributed by atoms with Crippen molar-refractivity contribution >= 4 is 12.2 Å². The fourth-order valence-corrected chi connectivity index (χ4v) is 1.73. The van der Waals surface area contributed by atoms with Gasteiger partial charge in [-0.25, -0.2) is 9.07 Å². The van der Waals surface area contributed by atoms with E-state index in [0.717, 1.165) is 0 Å². The maximum absolute atomic E-state index is 13.1. The summed E-state index contributed by atoms with van der Waals surface area (Å²) in [6.07, 6.45) is 1.48. The normalized spacial score (nSPS) is 10.3. The molecule has 2 rings (SSSR count). The Bertz CT molecular complexity index is 678. The number of H-pyrrole nitrogens is 1. The first-order valence-electron chi connectivity index (χ1n) is 5.37. The number of aromatic nitrogens is 2. The number of ether oxygens (including phenoxy) is 1. The molecule has 1 N–H and O–H groups in total. The van der Waals surface area contributed by atoms with Crippen LogP contribution in [0.25, 0.3) is 5.69 Å². The van der Waals surface area contributed by atoms with Gasteiger partial charge in [-0.05, 0) is 25.1 Å². The molecule has 6 heteroatoms. The van der Waals surface area contributed by atoms with E-state index >= 15 is 0 Å². The van der Waals surface area contributed by atoms with Crippen molar-refractivity contribution in [1.82, 2.24) is 9.78 Å². The highest BCUT2D eigenvalue weighted by Gasteiger charge is 2.06. The van der Waals surface area contributed by atoms with Gasteiger partial charge in [-0.2, -0.15) is 0 Å². The van der Waals surface area contributed by atoms with Gasteiger partial charge in [-0.3, -0.25) is 9.89 Å². The van der Waals surface area contributed by atoms with E-state index in [1.165, 1.54) is 29.1 Å². The number of hydrogen-bond donors (Lipinski definition) is 1. The second-order valence-electron chi connectivity index (χ2n) is 3.52. The molecule has 0 spiro atoms. The summed E-state index contributed by atoms with van der Waals surface area (Å²) < 4.78 is 19.6. The third-order valence-corrected chi connectivity index (χ3v) is 2.69. The Hall–Kier alpha value is -1.95. The second kappa shape index (κ2) is 5.14. The number of nitrogens with zero attached hydrogens (tertiary/aromatic N) is 1. The van der Waals surface area contributed by atoms with Gasteiger partial charge in [-0.15, -0.1) is 0 Å². The van der Waals surface area contributed by atoms with Gasteiger partial charge in [0, 0.05) is 0 Å². The molecule has 0 saturated carbocycles. The van der Waals surface area contributed by atoms with E-state index in [-0.39, 0.29) is 4.51 Å². The van der Waals surface area contributed by atoms with Gasteiger partial charge < -0.3 is 4.74 Å². The molecule has 2 aromatic rings. The maximum atomic E-state index is 13.1. The van der Waals surface area contributed by atoms with E-state index in [1.807, 2.05) is 0 Å². The van der Waals surface area contributed by atoms with Crippen LogP contribution in [-0.2, 0) is 0 Å². The quantitative estimate of drug-likeness (QED) is 0.868. The van der Waals surface area contributed by atoms with Gasteiger partial charge in [0.15, 0.2) is 5.75 Å². The van der Waals surface area contributed by atoms with E-state index in [9.17, 15) is 9.18 Å². The van der Waals surface area contributed by atoms with Crippen LogP contribution in [0.5, 0.6) is 5.75 Å². The summed E-state index contributed by atoms with van der Waals surface area (Å²) in [4.78, 5) is 12.0. The van der Waals surface area contributed by atoms with E-state index < -0.39 is 11.4 Å². The van der Waals surface area contributed by atoms with Gasteiger partial charge in [0.25, 0.3) is 5.56 Å². The summed E-state index contributed by atoms with van der Waals surface area (Å²) in [5.74, 6) is -0.0993. The molecule has 0 amide bonds. The van der Waals surface area contributed by atoms with Crippen LogP contribution < -0.4 is 10.3 Å². The summed E-state index contributed by atoms with van der Waals surface area (Å²) in [6, 6.07) is 5.67. The summed E-state index contributed by atoms with van der Waals surface area (Å²) in [5.41, 5.74) is -0.0595. The van der Waals surface area contributed by atoms with Crippen LogP contribution >= 0.6 is 12.2 Å². The second-order valence-corrected chi connectivity index (χ2v) is 3.93. The molecule has 0 radical (unpaired) electrons. The monoisotopic (exact) mass is 266 g/mol. The van der Waals surface area contributed by atoms with Gasteiger partial charge >= 0.3 is 0 Å². The molecule has 1 heterocycles. The van der Waals surface area contributed by atoms with Crippen molar-refractivity contribution in [3.63, 3.8) is 0 Å². The Morgan fingerprint density at radius 2 is 2.28 bits per heavy atom. The minimum atomic E-state index is -0.443. The Labute approximate surface area is 108 Å². The zero-order valence-electron chi connectivity index (χ0n) is 9.64. The van der Waals surface area contributed by atoms with Crippen LogP contribution in [0, 0.1) is 10.3 Å². The van der Waals surface area contributed by atoms with E-state index in [2.05, 4.69) is 5.10 Å². The predicted molar refractivity (Wildman–Crippen MR) is 68.4 cm³/mol. The molecule has 1 aromatic carbocycles. The SMILES string of the molecule is CCOc1c[nH]n(-c2cccc(F)c2)c(=O)c1=S. The highest BCUT2D eigenvalue weighted by atomic mass is 32.1. The molecule has 0 aliphatic heterocycles. The topological polar surface area (TPSA) is 47.0 Å². The Balaban J connectivity index is 2.58. The fraction of sp³-hybridized carbons (Fsp3) is 0.167. The average Bonchev–Trinajstić information content (AvgIpc) is 2.35. The first-order valence-corrected chi connectivity index (χ1v) is 5.77. The lowest BCUT2D eigenvalue weighted by Crippen LogP contribution is -2.22. The standard InChI is InChI=1S/C12H11FN2O2S/c1-2-17-10-7-14-15(12(16)11(10)18)9-5-3-4-8(13)6-9/h3-7,14H,2H2,1H3. The summed E-state index contributed by atoms with van der Waals surface area (Å²) in [5, 5.41) is 2.72. The molecule has 0 atom stereocenters. The van der Waals surface area contributed by atoms with E-state index in [4.69, 9.17) is 17.0 Å². The Morgan fingerprint density at radius 3 is 2.94 bits per heavy atom.